The maximum atomic E-state index is 11.4. The van der Waals surface area contributed by atoms with Crippen molar-refractivity contribution >= 4 is 16.1 Å². The van der Waals surface area contributed by atoms with Gasteiger partial charge in [0.1, 0.15) is 0 Å². The standard InChI is InChI=1S/C12H18N2O4S/c1-3-12(13,9-10-7-5-4-6-8-10)18-11(15)14-19(2,16)17/h4-8H,3,9,13H2,1-2H3,(H,14,15)/t12-/m0/s1. The number of carbonyl (C=O) groups excluding carboxylic acids is 1. The first-order valence-electron chi connectivity index (χ1n) is 5.78. The average molecular weight is 286 g/mol. The van der Waals surface area contributed by atoms with Gasteiger partial charge in [0.25, 0.3) is 0 Å². The second kappa shape index (κ2) is 6.03. The Morgan fingerprint density at radius 1 is 1.37 bits per heavy atom. The minimum absolute atomic E-state index is 0.307. The van der Waals surface area contributed by atoms with Gasteiger partial charge in [0.15, 0.2) is 5.72 Å². The van der Waals surface area contributed by atoms with Crippen LogP contribution in [0.4, 0.5) is 4.79 Å². The van der Waals surface area contributed by atoms with Crippen molar-refractivity contribution in [2.24, 2.45) is 5.73 Å². The van der Waals surface area contributed by atoms with Crippen LogP contribution in [-0.2, 0) is 21.2 Å². The van der Waals surface area contributed by atoms with E-state index in [0.29, 0.717) is 12.8 Å². The summed E-state index contributed by atoms with van der Waals surface area (Å²) >= 11 is 0. The van der Waals surface area contributed by atoms with Gasteiger partial charge in [-0.25, -0.2) is 17.9 Å². The van der Waals surface area contributed by atoms with Crippen LogP contribution in [0.5, 0.6) is 0 Å². The number of hydrogen-bond donors (Lipinski definition) is 2. The van der Waals surface area contributed by atoms with Crippen LogP contribution in [0.15, 0.2) is 30.3 Å². The lowest BCUT2D eigenvalue weighted by Gasteiger charge is -2.28. The molecule has 1 amide bonds. The summed E-state index contributed by atoms with van der Waals surface area (Å²) in [6.45, 7) is 1.76. The van der Waals surface area contributed by atoms with E-state index in [0.717, 1.165) is 11.8 Å². The molecule has 106 valence electrons. The molecule has 0 spiro atoms. The lowest BCUT2D eigenvalue weighted by atomic mass is 10.0. The molecular weight excluding hydrogens is 268 g/mol. The number of hydrogen-bond acceptors (Lipinski definition) is 5. The second-order valence-corrected chi connectivity index (χ2v) is 6.09. The molecular formula is C12H18N2O4S. The molecule has 0 radical (unpaired) electrons. The summed E-state index contributed by atoms with van der Waals surface area (Å²) in [6, 6.07) is 9.28. The second-order valence-electron chi connectivity index (χ2n) is 4.34. The number of nitrogens with two attached hydrogens (primary N) is 1. The van der Waals surface area contributed by atoms with Crippen LogP contribution in [-0.4, -0.2) is 26.5 Å². The molecule has 0 aliphatic heterocycles. The summed E-state index contributed by atoms with van der Waals surface area (Å²) in [7, 11) is -3.66. The summed E-state index contributed by atoms with van der Waals surface area (Å²) < 4.78 is 28.6. The zero-order valence-electron chi connectivity index (χ0n) is 10.9. The van der Waals surface area contributed by atoms with E-state index >= 15 is 0 Å². The summed E-state index contributed by atoms with van der Waals surface area (Å²) in [5.74, 6) is 0. The third-order valence-electron chi connectivity index (χ3n) is 2.51. The van der Waals surface area contributed by atoms with Crippen molar-refractivity contribution in [3.05, 3.63) is 35.9 Å². The Bertz CT molecular complexity index is 530. The van der Waals surface area contributed by atoms with Crippen molar-refractivity contribution in [1.82, 2.24) is 4.72 Å². The zero-order chi connectivity index (χ0) is 14.5. The van der Waals surface area contributed by atoms with E-state index in [2.05, 4.69) is 0 Å². The number of sulfonamides is 1. The summed E-state index contributed by atoms with van der Waals surface area (Å²) in [5, 5.41) is 0. The Balaban J connectivity index is 2.73. The molecule has 7 heteroatoms. The van der Waals surface area contributed by atoms with E-state index in [9.17, 15) is 13.2 Å². The predicted molar refractivity (Wildman–Crippen MR) is 71.8 cm³/mol. The Morgan fingerprint density at radius 2 is 1.95 bits per heavy atom. The van der Waals surface area contributed by atoms with E-state index < -0.39 is 21.8 Å². The monoisotopic (exact) mass is 286 g/mol. The highest BCUT2D eigenvalue weighted by Crippen LogP contribution is 2.16. The first kappa shape index (κ1) is 15.5. The van der Waals surface area contributed by atoms with Crippen molar-refractivity contribution in [3.8, 4) is 0 Å². The van der Waals surface area contributed by atoms with Crippen LogP contribution in [0.2, 0.25) is 0 Å². The van der Waals surface area contributed by atoms with Crippen molar-refractivity contribution in [2.75, 3.05) is 6.26 Å². The number of nitrogens with one attached hydrogen (secondary N) is 1. The summed E-state index contributed by atoms with van der Waals surface area (Å²) in [6.07, 6.45) is 0.471. The molecule has 6 nitrogen and oxygen atoms in total. The SMILES string of the molecule is CC[C@@](N)(Cc1ccccc1)OC(=O)NS(C)(=O)=O. The fraction of sp³-hybridized carbons (Fsp3) is 0.417. The van der Waals surface area contributed by atoms with Gasteiger partial charge in [0.05, 0.1) is 6.26 Å². The molecule has 19 heavy (non-hydrogen) atoms. The lowest BCUT2D eigenvalue weighted by Crippen LogP contribution is -2.48. The zero-order valence-corrected chi connectivity index (χ0v) is 11.7. The van der Waals surface area contributed by atoms with Crippen molar-refractivity contribution in [2.45, 2.75) is 25.5 Å². The molecule has 0 saturated carbocycles. The Labute approximate surface area is 113 Å². The van der Waals surface area contributed by atoms with E-state index in [1.165, 1.54) is 0 Å². The van der Waals surface area contributed by atoms with Crippen molar-refractivity contribution in [3.63, 3.8) is 0 Å². The molecule has 1 atom stereocenters. The minimum Gasteiger partial charge on any atom is -0.427 e. The highest BCUT2D eigenvalue weighted by atomic mass is 32.2. The number of benzene rings is 1. The molecule has 0 fully saturated rings. The quantitative estimate of drug-likeness (QED) is 0.786. The largest absolute Gasteiger partial charge is 0.427 e. The van der Waals surface area contributed by atoms with Gasteiger partial charge in [-0.05, 0) is 12.0 Å². The molecule has 1 aromatic carbocycles. The molecule has 0 heterocycles. The number of amides is 1. The van der Waals surface area contributed by atoms with Gasteiger partial charge in [0, 0.05) is 6.42 Å². The maximum absolute atomic E-state index is 11.4. The fourth-order valence-corrected chi connectivity index (χ4v) is 1.88. The Hall–Kier alpha value is -1.60. The number of carbonyl (C=O) groups is 1. The molecule has 0 unspecified atom stereocenters. The van der Waals surface area contributed by atoms with Gasteiger partial charge in [-0.15, -0.1) is 0 Å². The van der Waals surface area contributed by atoms with Crippen LogP contribution in [0, 0.1) is 0 Å². The lowest BCUT2D eigenvalue weighted by molar-refractivity contribution is 0.0161. The first-order chi connectivity index (χ1) is 8.74. The van der Waals surface area contributed by atoms with Crippen molar-refractivity contribution in [1.29, 1.82) is 0 Å². The first-order valence-corrected chi connectivity index (χ1v) is 7.67. The third-order valence-corrected chi connectivity index (χ3v) is 3.05. The molecule has 0 aromatic heterocycles. The number of ether oxygens (including phenoxy) is 1. The molecule has 0 aliphatic rings. The van der Waals surface area contributed by atoms with E-state index in [1.807, 2.05) is 30.3 Å². The summed E-state index contributed by atoms with van der Waals surface area (Å²) in [4.78, 5) is 11.4. The summed E-state index contributed by atoms with van der Waals surface area (Å²) in [5.41, 5.74) is 5.63. The highest BCUT2D eigenvalue weighted by Gasteiger charge is 2.29. The molecule has 0 saturated heterocycles. The topological polar surface area (TPSA) is 98.5 Å². The maximum Gasteiger partial charge on any atom is 0.422 e. The molecule has 1 rings (SSSR count). The van der Waals surface area contributed by atoms with Gasteiger partial charge in [-0.2, -0.15) is 0 Å². The molecule has 0 aliphatic carbocycles. The smallest absolute Gasteiger partial charge is 0.422 e. The average Bonchev–Trinajstić information content (AvgIpc) is 2.27. The molecule has 0 bridgehead atoms. The van der Waals surface area contributed by atoms with E-state index in [-0.39, 0.29) is 0 Å². The Kier molecular flexibility index (Phi) is 4.90. The van der Waals surface area contributed by atoms with Crippen LogP contribution in [0.25, 0.3) is 0 Å². The number of rotatable bonds is 5. The van der Waals surface area contributed by atoms with E-state index in [1.54, 1.807) is 11.6 Å². The highest BCUT2D eigenvalue weighted by molar-refractivity contribution is 7.89. The minimum atomic E-state index is -3.66. The van der Waals surface area contributed by atoms with Crippen LogP contribution < -0.4 is 10.5 Å². The van der Waals surface area contributed by atoms with Crippen molar-refractivity contribution < 1.29 is 17.9 Å². The van der Waals surface area contributed by atoms with Gasteiger partial charge < -0.3 is 4.74 Å². The fourth-order valence-electron chi connectivity index (χ4n) is 1.53. The van der Waals surface area contributed by atoms with Crippen LogP contribution >= 0.6 is 0 Å². The van der Waals surface area contributed by atoms with Crippen LogP contribution in [0.3, 0.4) is 0 Å². The van der Waals surface area contributed by atoms with E-state index in [4.69, 9.17) is 10.5 Å². The predicted octanol–water partition coefficient (Wildman–Crippen LogP) is 0.980. The molecule has 3 N–H and O–H groups in total. The Morgan fingerprint density at radius 3 is 2.42 bits per heavy atom. The van der Waals surface area contributed by atoms with Crippen LogP contribution in [0.1, 0.15) is 18.9 Å². The van der Waals surface area contributed by atoms with Gasteiger partial charge in [0.2, 0.25) is 10.0 Å². The van der Waals surface area contributed by atoms with Gasteiger partial charge in [-0.1, -0.05) is 37.3 Å². The normalized spacial score (nSPS) is 14.5. The molecule has 1 aromatic rings. The van der Waals surface area contributed by atoms with Gasteiger partial charge in [-0.3, -0.25) is 5.73 Å². The third kappa shape index (κ3) is 5.71. The van der Waals surface area contributed by atoms with Gasteiger partial charge >= 0.3 is 6.09 Å².